The normalized spacial score (nSPS) is 15.9. The fourth-order valence-electron chi connectivity index (χ4n) is 3.45. The summed E-state index contributed by atoms with van der Waals surface area (Å²) in [5, 5.41) is 23.3. The van der Waals surface area contributed by atoms with Crippen LogP contribution < -0.4 is 4.90 Å². The molecule has 4 rings (SSSR count). The highest BCUT2D eigenvalue weighted by molar-refractivity contribution is 5.91. The SMILES string of the molecule is Cn1nc(-c2cc(C(F)(F)F)c(F)c(O)c2F)c2cnc(N3CCC(O)CC3)nc21. The van der Waals surface area contributed by atoms with Crippen molar-refractivity contribution in [2.24, 2.45) is 7.05 Å². The highest BCUT2D eigenvalue weighted by Gasteiger charge is 2.38. The van der Waals surface area contributed by atoms with Crippen molar-refractivity contribution in [1.82, 2.24) is 19.7 Å². The Balaban J connectivity index is 1.84. The van der Waals surface area contributed by atoms with E-state index in [1.807, 2.05) is 4.90 Å². The van der Waals surface area contributed by atoms with Crippen LogP contribution in [-0.2, 0) is 13.2 Å². The minimum absolute atomic E-state index is 0.135. The lowest BCUT2D eigenvalue weighted by molar-refractivity contribution is -0.140. The van der Waals surface area contributed by atoms with Gasteiger partial charge in [0.2, 0.25) is 5.95 Å². The van der Waals surface area contributed by atoms with Crippen LogP contribution in [-0.4, -0.2) is 49.2 Å². The number of aromatic nitrogens is 4. The van der Waals surface area contributed by atoms with Crippen LogP contribution in [0.1, 0.15) is 18.4 Å². The summed E-state index contributed by atoms with van der Waals surface area (Å²) in [6, 6.07) is 0.270. The summed E-state index contributed by atoms with van der Waals surface area (Å²) < 4.78 is 68.8. The summed E-state index contributed by atoms with van der Waals surface area (Å²) in [6.07, 6.45) is -3.17. The van der Waals surface area contributed by atoms with Crippen LogP contribution in [0.2, 0.25) is 0 Å². The van der Waals surface area contributed by atoms with Gasteiger partial charge in [-0.2, -0.15) is 23.3 Å². The standard InChI is InChI=1S/C18H16F5N5O2/c1-27-16-10(7-24-17(25-16)28-4-2-8(29)3-5-28)14(26-27)9-6-11(18(21,22)23)13(20)15(30)12(9)19/h6-8,29-30H,2-5H2,1H3. The summed E-state index contributed by atoms with van der Waals surface area (Å²) in [5.74, 6) is -5.05. The van der Waals surface area contributed by atoms with E-state index in [2.05, 4.69) is 15.1 Å². The molecule has 0 spiro atoms. The van der Waals surface area contributed by atoms with Gasteiger partial charge in [-0.25, -0.2) is 18.4 Å². The van der Waals surface area contributed by atoms with Gasteiger partial charge in [-0.05, 0) is 18.9 Å². The van der Waals surface area contributed by atoms with Crippen molar-refractivity contribution < 1.29 is 32.2 Å². The number of fused-ring (bicyclic) bond motifs is 1. The van der Waals surface area contributed by atoms with E-state index in [-0.39, 0.29) is 22.8 Å². The second-order valence-electron chi connectivity index (χ2n) is 7.04. The zero-order valence-corrected chi connectivity index (χ0v) is 15.6. The van der Waals surface area contributed by atoms with Crippen molar-refractivity contribution >= 4 is 17.0 Å². The van der Waals surface area contributed by atoms with Gasteiger partial charge in [-0.1, -0.05) is 0 Å². The van der Waals surface area contributed by atoms with Crippen LogP contribution in [0.4, 0.5) is 27.9 Å². The topological polar surface area (TPSA) is 87.3 Å². The van der Waals surface area contributed by atoms with E-state index in [9.17, 15) is 32.2 Å². The van der Waals surface area contributed by atoms with Crippen molar-refractivity contribution in [2.45, 2.75) is 25.1 Å². The number of aromatic hydroxyl groups is 1. The Labute approximate surface area is 166 Å². The molecule has 3 aromatic rings. The summed E-state index contributed by atoms with van der Waals surface area (Å²) >= 11 is 0. The van der Waals surface area contributed by atoms with Gasteiger partial charge >= 0.3 is 6.18 Å². The summed E-state index contributed by atoms with van der Waals surface area (Å²) in [7, 11) is 1.47. The number of anilines is 1. The van der Waals surface area contributed by atoms with Gasteiger partial charge in [-0.15, -0.1) is 0 Å². The molecule has 1 aliphatic heterocycles. The van der Waals surface area contributed by atoms with E-state index in [1.165, 1.54) is 17.9 Å². The molecule has 0 saturated carbocycles. The zero-order chi connectivity index (χ0) is 21.8. The average molecular weight is 429 g/mol. The molecule has 7 nitrogen and oxygen atoms in total. The van der Waals surface area contributed by atoms with E-state index < -0.39 is 40.8 Å². The quantitative estimate of drug-likeness (QED) is 0.609. The number of hydrogen-bond donors (Lipinski definition) is 2. The monoisotopic (exact) mass is 429 g/mol. The van der Waals surface area contributed by atoms with Crippen molar-refractivity contribution in [3.63, 3.8) is 0 Å². The Morgan fingerprint density at radius 2 is 1.80 bits per heavy atom. The molecule has 0 unspecified atom stereocenters. The third-order valence-electron chi connectivity index (χ3n) is 5.05. The van der Waals surface area contributed by atoms with Crippen LogP contribution >= 0.6 is 0 Å². The molecule has 1 fully saturated rings. The third-order valence-corrected chi connectivity index (χ3v) is 5.05. The molecular formula is C18H16F5N5O2. The van der Waals surface area contributed by atoms with Gasteiger partial charge in [0.05, 0.1) is 17.1 Å². The smallest absolute Gasteiger partial charge is 0.419 e. The summed E-state index contributed by atoms with van der Waals surface area (Å²) in [4.78, 5) is 10.4. The van der Waals surface area contributed by atoms with Crippen LogP contribution in [0, 0.1) is 11.6 Å². The zero-order valence-electron chi connectivity index (χ0n) is 15.6. The molecular weight excluding hydrogens is 413 g/mol. The van der Waals surface area contributed by atoms with Crippen molar-refractivity contribution in [3.8, 4) is 17.0 Å². The Morgan fingerprint density at radius 1 is 1.13 bits per heavy atom. The van der Waals surface area contributed by atoms with Gasteiger partial charge in [0.15, 0.2) is 23.0 Å². The van der Waals surface area contributed by atoms with Gasteiger partial charge < -0.3 is 15.1 Å². The fourth-order valence-corrected chi connectivity index (χ4v) is 3.45. The molecule has 30 heavy (non-hydrogen) atoms. The van der Waals surface area contributed by atoms with E-state index >= 15 is 0 Å². The first-order chi connectivity index (χ1) is 14.1. The van der Waals surface area contributed by atoms with Crippen LogP contribution in [0.5, 0.6) is 5.75 Å². The molecule has 12 heteroatoms. The number of aliphatic hydroxyl groups is 1. The molecule has 0 atom stereocenters. The predicted octanol–water partition coefficient (Wildman–Crippen LogP) is 2.99. The second kappa shape index (κ2) is 7.04. The molecule has 160 valence electrons. The van der Waals surface area contributed by atoms with Crippen molar-refractivity contribution in [3.05, 3.63) is 29.5 Å². The van der Waals surface area contributed by atoms with E-state index in [0.717, 1.165) is 0 Å². The number of hydrogen-bond acceptors (Lipinski definition) is 6. The number of piperidine rings is 1. The number of alkyl halides is 3. The molecule has 0 bridgehead atoms. The number of aryl methyl sites for hydroxylation is 1. The highest BCUT2D eigenvalue weighted by atomic mass is 19.4. The molecule has 1 aromatic carbocycles. The maximum atomic E-state index is 14.5. The van der Waals surface area contributed by atoms with Crippen molar-refractivity contribution in [2.75, 3.05) is 18.0 Å². The molecule has 0 aliphatic carbocycles. The van der Waals surface area contributed by atoms with Crippen molar-refractivity contribution in [1.29, 1.82) is 0 Å². The largest absolute Gasteiger partial charge is 0.503 e. The lowest BCUT2D eigenvalue weighted by Crippen LogP contribution is -2.36. The Kier molecular flexibility index (Phi) is 4.76. The first-order valence-electron chi connectivity index (χ1n) is 8.99. The number of benzene rings is 1. The van der Waals surface area contributed by atoms with Crippen LogP contribution in [0.25, 0.3) is 22.3 Å². The fraction of sp³-hybridized carbons (Fsp3) is 0.389. The average Bonchev–Trinajstić information content (AvgIpc) is 3.02. The van der Waals surface area contributed by atoms with E-state index in [4.69, 9.17) is 0 Å². The van der Waals surface area contributed by atoms with Gasteiger partial charge in [0, 0.05) is 31.9 Å². The first-order valence-corrected chi connectivity index (χ1v) is 8.99. The minimum atomic E-state index is -5.14. The van der Waals surface area contributed by atoms with Gasteiger partial charge in [-0.3, -0.25) is 0 Å². The third kappa shape index (κ3) is 3.30. The lowest BCUT2D eigenvalue weighted by atomic mass is 10.0. The maximum Gasteiger partial charge on any atom is 0.419 e. The van der Waals surface area contributed by atoms with E-state index in [1.54, 1.807) is 0 Å². The number of phenols is 1. The molecule has 2 aromatic heterocycles. The van der Waals surface area contributed by atoms with Gasteiger partial charge in [0.25, 0.3) is 0 Å². The lowest BCUT2D eigenvalue weighted by Gasteiger charge is -2.29. The highest BCUT2D eigenvalue weighted by Crippen LogP contribution is 2.41. The number of halogens is 5. The van der Waals surface area contributed by atoms with E-state index in [0.29, 0.717) is 31.9 Å². The Hall–Kier alpha value is -3.02. The Bertz CT molecular complexity index is 1120. The number of nitrogens with zero attached hydrogens (tertiary/aromatic N) is 5. The number of phenolic OH excluding ortho intramolecular Hbond substituents is 1. The van der Waals surface area contributed by atoms with Gasteiger partial charge in [0.1, 0.15) is 5.69 Å². The molecule has 2 N–H and O–H groups in total. The number of rotatable bonds is 2. The molecule has 0 amide bonds. The summed E-state index contributed by atoms with van der Waals surface area (Å²) in [5.41, 5.74) is -2.56. The first kappa shape index (κ1) is 20.3. The summed E-state index contributed by atoms with van der Waals surface area (Å²) in [6.45, 7) is 1.04. The minimum Gasteiger partial charge on any atom is -0.503 e. The molecule has 1 aliphatic rings. The predicted molar refractivity (Wildman–Crippen MR) is 95.8 cm³/mol. The Morgan fingerprint density at radius 3 is 2.43 bits per heavy atom. The molecule has 3 heterocycles. The number of aliphatic hydroxyl groups excluding tert-OH is 1. The maximum absolute atomic E-state index is 14.5. The van der Waals surface area contributed by atoms with Crippen LogP contribution in [0.15, 0.2) is 12.3 Å². The van der Waals surface area contributed by atoms with Crippen LogP contribution in [0.3, 0.4) is 0 Å². The second-order valence-corrected chi connectivity index (χ2v) is 7.04. The molecule has 0 radical (unpaired) electrons. The molecule has 1 saturated heterocycles.